The number of nitrogen functional groups attached to an aromatic ring is 1. The second-order valence-electron chi connectivity index (χ2n) is 1.64. The molecular formula is C5H5ClFN3. The lowest BCUT2D eigenvalue weighted by atomic mass is 10.4. The van der Waals surface area contributed by atoms with Gasteiger partial charge in [-0.2, -0.15) is 4.39 Å². The summed E-state index contributed by atoms with van der Waals surface area (Å²) in [6.45, 7) is 0. The van der Waals surface area contributed by atoms with Crippen molar-refractivity contribution < 1.29 is 4.39 Å². The van der Waals surface area contributed by atoms with E-state index in [2.05, 4.69) is 10.4 Å². The van der Waals surface area contributed by atoms with Crippen LogP contribution < -0.4 is 11.3 Å². The molecule has 0 aliphatic rings. The third-order valence-electron chi connectivity index (χ3n) is 0.961. The van der Waals surface area contributed by atoms with Gasteiger partial charge in [0.1, 0.15) is 5.69 Å². The highest BCUT2D eigenvalue weighted by Crippen LogP contribution is 2.15. The van der Waals surface area contributed by atoms with Crippen molar-refractivity contribution in [2.75, 3.05) is 5.43 Å². The maximum atomic E-state index is 12.5. The van der Waals surface area contributed by atoms with Crippen LogP contribution in [0, 0.1) is 5.95 Å². The Bertz CT molecular complexity index is 240. The summed E-state index contributed by atoms with van der Waals surface area (Å²) in [5.74, 6) is 4.27. The summed E-state index contributed by atoms with van der Waals surface area (Å²) in [5.41, 5.74) is 2.20. The van der Waals surface area contributed by atoms with Crippen LogP contribution in [0.5, 0.6) is 0 Å². The number of halogens is 2. The highest BCUT2D eigenvalue weighted by atomic mass is 35.5. The van der Waals surface area contributed by atoms with E-state index in [0.717, 1.165) is 0 Å². The van der Waals surface area contributed by atoms with E-state index in [1.807, 2.05) is 0 Å². The Morgan fingerprint density at radius 1 is 1.70 bits per heavy atom. The molecule has 0 atom stereocenters. The van der Waals surface area contributed by atoms with Crippen LogP contribution in [0.1, 0.15) is 0 Å². The molecular weight excluding hydrogens is 157 g/mol. The highest BCUT2D eigenvalue weighted by molar-refractivity contribution is 6.30. The minimum atomic E-state index is -0.660. The number of rotatable bonds is 1. The minimum Gasteiger partial charge on any atom is -0.320 e. The lowest BCUT2D eigenvalue weighted by Gasteiger charge is -1.99. The molecule has 0 spiro atoms. The molecule has 3 nitrogen and oxygen atoms in total. The Labute approximate surface area is 62.0 Å². The fourth-order valence-corrected chi connectivity index (χ4v) is 0.682. The molecule has 0 aliphatic carbocycles. The van der Waals surface area contributed by atoms with Gasteiger partial charge in [-0.1, -0.05) is 11.6 Å². The van der Waals surface area contributed by atoms with Crippen molar-refractivity contribution in [2.24, 2.45) is 5.84 Å². The van der Waals surface area contributed by atoms with Gasteiger partial charge in [-0.15, -0.1) is 0 Å². The van der Waals surface area contributed by atoms with Crippen molar-refractivity contribution in [3.05, 3.63) is 23.2 Å². The van der Waals surface area contributed by atoms with Gasteiger partial charge >= 0.3 is 0 Å². The number of hydrogen-bond acceptors (Lipinski definition) is 3. The van der Waals surface area contributed by atoms with E-state index < -0.39 is 5.95 Å². The Balaban J connectivity index is 3.09. The third kappa shape index (κ3) is 1.34. The molecule has 0 radical (unpaired) electrons. The molecule has 0 saturated heterocycles. The summed E-state index contributed by atoms with van der Waals surface area (Å²) >= 11 is 5.47. The molecule has 3 N–H and O–H groups in total. The van der Waals surface area contributed by atoms with Crippen LogP contribution in [-0.2, 0) is 0 Å². The maximum Gasteiger partial charge on any atom is 0.237 e. The molecule has 1 aromatic heterocycles. The molecule has 0 aliphatic heterocycles. The lowest BCUT2D eigenvalue weighted by molar-refractivity contribution is 0.587. The van der Waals surface area contributed by atoms with E-state index in [9.17, 15) is 4.39 Å². The molecule has 0 fully saturated rings. The summed E-state index contributed by atoms with van der Waals surface area (Å²) in [5, 5.41) is 0.342. The molecule has 10 heavy (non-hydrogen) atoms. The van der Waals surface area contributed by atoms with E-state index in [1.54, 1.807) is 0 Å². The Hall–Kier alpha value is -0.870. The van der Waals surface area contributed by atoms with Gasteiger partial charge in [-0.05, 0) is 6.07 Å². The fourth-order valence-electron chi connectivity index (χ4n) is 0.524. The van der Waals surface area contributed by atoms with E-state index in [1.165, 1.54) is 12.3 Å². The first-order valence-corrected chi connectivity index (χ1v) is 2.89. The largest absolute Gasteiger partial charge is 0.320 e. The van der Waals surface area contributed by atoms with E-state index in [-0.39, 0.29) is 5.69 Å². The Kier molecular flexibility index (Phi) is 2.03. The number of anilines is 1. The molecule has 0 aromatic carbocycles. The second-order valence-corrected chi connectivity index (χ2v) is 2.07. The molecule has 1 heterocycles. The lowest BCUT2D eigenvalue weighted by Crippen LogP contribution is -2.09. The number of nitrogens with one attached hydrogen (secondary N) is 1. The first kappa shape index (κ1) is 7.24. The summed E-state index contributed by atoms with van der Waals surface area (Å²) in [4.78, 5) is 3.31. The Morgan fingerprint density at radius 2 is 2.40 bits per heavy atom. The average molecular weight is 162 g/mol. The number of nitrogens with two attached hydrogens (primary N) is 1. The molecule has 0 saturated carbocycles. The molecule has 0 amide bonds. The fraction of sp³-hybridized carbons (Fsp3) is 0. The topological polar surface area (TPSA) is 50.9 Å². The van der Waals surface area contributed by atoms with Gasteiger partial charge in [0, 0.05) is 6.20 Å². The standard InChI is InChI=1S/C5H5ClFN3/c6-3-1-4(10-8)5(7)9-2-3/h1-2,10H,8H2. The summed E-state index contributed by atoms with van der Waals surface area (Å²) < 4.78 is 12.5. The van der Waals surface area contributed by atoms with Gasteiger partial charge in [0.25, 0.3) is 0 Å². The molecule has 54 valence electrons. The van der Waals surface area contributed by atoms with Crippen LogP contribution in [0.15, 0.2) is 12.3 Å². The average Bonchev–Trinajstić information content (AvgIpc) is 1.94. The summed E-state index contributed by atoms with van der Waals surface area (Å²) in [6.07, 6.45) is 1.21. The van der Waals surface area contributed by atoms with E-state index >= 15 is 0 Å². The summed E-state index contributed by atoms with van der Waals surface area (Å²) in [6, 6.07) is 1.35. The first-order chi connectivity index (χ1) is 4.74. The van der Waals surface area contributed by atoms with E-state index in [0.29, 0.717) is 5.02 Å². The van der Waals surface area contributed by atoms with Crippen molar-refractivity contribution in [3.63, 3.8) is 0 Å². The smallest absolute Gasteiger partial charge is 0.237 e. The minimum absolute atomic E-state index is 0.0903. The molecule has 1 aromatic rings. The van der Waals surface area contributed by atoms with Crippen LogP contribution in [0.2, 0.25) is 5.02 Å². The number of aromatic nitrogens is 1. The number of pyridine rings is 1. The molecule has 1 rings (SSSR count). The van der Waals surface area contributed by atoms with Crippen molar-refractivity contribution in [1.82, 2.24) is 4.98 Å². The Morgan fingerprint density at radius 3 is 2.90 bits per heavy atom. The van der Waals surface area contributed by atoms with Crippen molar-refractivity contribution >= 4 is 17.3 Å². The second kappa shape index (κ2) is 2.81. The van der Waals surface area contributed by atoms with Crippen LogP contribution in [-0.4, -0.2) is 4.98 Å². The number of nitrogens with zero attached hydrogens (tertiary/aromatic N) is 1. The predicted molar refractivity (Wildman–Crippen MR) is 37.0 cm³/mol. The predicted octanol–water partition coefficient (Wildman–Crippen LogP) is 1.16. The van der Waals surface area contributed by atoms with Crippen LogP contribution in [0.3, 0.4) is 0 Å². The molecule has 0 unspecified atom stereocenters. The van der Waals surface area contributed by atoms with Gasteiger partial charge < -0.3 is 5.43 Å². The van der Waals surface area contributed by atoms with Crippen molar-refractivity contribution in [3.8, 4) is 0 Å². The van der Waals surface area contributed by atoms with E-state index in [4.69, 9.17) is 17.4 Å². The van der Waals surface area contributed by atoms with Gasteiger partial charge in [0.2, 0.25) is 5.95 Å². The SMILES string of the molecule is NNc1cc(Cl)cnc1F. The normalized spacial score (nSPS) is 9.50. The highest BCUT2D eigenvalue weighted by Gasteiger charge is 2.00. The summed E-state index contributed by atoms with van der Waals surface area (Å²) in [7, 11) is 0. The van der Waals surface area contributed by atoms with Gasteiger partial charge in [0.05, 0.1) is 5.02 Å². The molecule has 5 heteroatoms. The number of hydrazine groups is 1. The first-order valence-electron chi connectivity index (χ1n) is 2.51. The van der Waals surface area contributed by atoms with Crippen LogP contribution >= 0.6 is 11.6 Å². The zero-order valence-electron chi connectivity index (χ0n) is 4.94. The molecule has 0 bridgehead atoms. The maximum absolute atomic E-state index is 12.5. The van der Waals surface area contributed by atoms with Crippen LogP contribution in [0.25, 0.3) is 0 Å². The van der Waals surface area contributed by atoms with Crippen molar-refractivity contribution in [1.29, 1.82) is 0 Å². The number of hydrogen-bond donors (Lipinski definition) is 2. The zero-order valence-corrected chi connectivity index (χ0v) is 5.69. The monoisotopic (exact) mass is 161 g/mol. The van der Waals surface area contributed by atoms with Crippen LogP contribution in [0.4, 0.5) is 10.1 Å². The van der Waals surface area contributed by atoms with Gasteiger partial charge in [-0.25, -0.2) is 4.98 Å². The van der Waals surface area contributed by atoms with Crippen molar-refractivity contribution in [2.45, 2.75) is 0 Å². The third-order valence-corrected chi connectivity index (χ3v) is 1.17. The zero-order chi connectivity index (χ0) is 7.56. The van der Waals surface area contributed by atoms with Gasteiger partial charge in [-0.3, -0.25) is 5.84 Å². The quantitative estimate of drug-likeness (QED) is 0.369. The van der Waals surface area contributed by atoms with Gasteiger partial charge in [0.15, 0.2) is 0 Å².